The number of anilines is 1. The second-order valence-electron chi connectivity index (χ2n) is 6.19. The zero-order chi connectivity index (χ0) is 15.5. The Balaban J connectivity index is 1.73. The Hall–Kier alpha value is -1.85. The van der Waals surface area contributed by atoms with Crippen LogP contribution in [-0.2, 0) is 16.1 Å². The van der Waals surface area contributed by atoms with Crippen LogP contribution in [-0.4, -0.2) is 36.3 Å². The Morgan fingerprint density at radius 1 is 1.45 bits per heavy atom. The molecule has 1 aromatic heterocycles. The van der Waals surface area contributed by atoms with Crippen molar-refractivity contribution in [2.45, 2.75) is 26.5 Å². The molecule has 1 saturated heterocycles. The van der Waals surface area contributed by atoms with Gasteiger partial charge in [-0.25, -0.2) is 0 Å². The van der Waals surface area contributed by atoms with Crippen molar-refractivity contribution in [2.24, 2.45) is 5.92 Å². The van der Waals surface area contributed by atoms with Gasteiger partial charge in [0, 0.05) is 42.4 Å². The van der Waals surface area contributed by atoms with Gasteiger partial charge in [-0.05, 0) is 30.2 Å². The van der Waals surface area contributed by atoms with E-state index in [9.17, 15) is 4.79 Å². The topological polar surface area (TPSA) is 55.3 Å². The molecule has 2 aromatic rings. The summed E-state index contributed by atoms with van der Waals surface area (Å²) in [7, 11) is 0. The number of amides is 1. The molecule has 0 radical (unpaired) electrons. The van der Waals surface area contributed by atoms with E-state index in [0.29, 0.717) is 19.1 Å². The number of aromatic nitrogens is 1. The molecule has 1 aliphatic rings. The highest BCUT2D eigenvalue weighted by molar-refractivity contribution is 5.96. The van der Waals surface area contributed by atoms with E-state index in [4.69, 9.17) is 4.74 Å². The molecule has 0 saturated carbocycles. The van der Waals surface area contributed by atoms with E-state index in [2.05, 4.69) is 47.4 Å². The van der Waals surface area contributed by atoms with Crippen LogP contribution in [0, 0.1) is 5.92 Å². The standard InChI is InChI=1S/C17H23N3O2/c1-12(2)11-20-7-5-13-9-14(3-4-15(13)20)19-17(21)16-10-18-6-8-22-16/h3-5,7,9,12,16,18H,6,8,10-11H2,1-2H3,(H,19,21). The molecule has 1 unspecified atom stereocenters. The van der Waals surface area contributed by atoms with E-state index in [1.54, 1.807) is 0 Å². The molecule has 1 atom stereocenters. The second-order valence-corrected chi connectivity index (χ2v) is 6.19. The molecule has 22 heavy (non-hydrogen) atoms. The lowest BCUT2D eigenvalue weighted by Crippen LogP contribution is -2.45. The number of fused-ring (bicyclic) bond motifs is 1. The highest BCUT2D eigenvalue weighted by Crippen LogP contribution is 2.21. The normalized spacial score (nSPS) is 18.8. The van der Waals surface area contributed by atoms with Crippen molar-refractivity contribution in [1.82, 2.24) is 9.88 Å². The number of hydrogen-bond acceptors (Lipinski definition) is 3. The Kier molecular flexibility index (Phi) is 4.45. The predicted molar refractivity (Wildman–Crippen MR) is 88.0 cm³/mol. The van der Waals surface area contributed by atoms with Gasteiger partial charge in [-0.3, -0.25) is 4.79 Å². The summed E-state index contributed by atoms with van der Waals surface area (Å²) in [5.41, 5.74) is 2.01. The largest absolute Gasteiger partial charge is 0.366 e. The van der Waals surface area contributed by atoms with Gasteiger partial charge in [-0.2, -0.15) is 0 Å². The summed E-state index contributed by atoms with van der Waals surface area (Å²) in [4.78, 5) is 12.2. The summed E-state index contributed by atoms with van der Waals surface area (Å²) in [6.07, 6.45) is 1.69. The molecule has 3 rings (SSSR count). The number of rotatable bonds is 4. The zero-order valence-electron chi connectivity index (χ0n) is 13.1. The number of hydrogen-bond donors (Lipinski definition) is 2. The molecule has 1 amide bonds. The van der Waals surface area contributed by atoms with Crippen LogP contribution in [0.4, 0.5) is 5.69 Å². The fraction of sp³-hybridized carbons (Fsp3) is 0.471. The Bertz CT molecular complexity index is 657. The third-order valence-electron chi connectivity index (χ3n) is 3.82. The number of morpholine rings is 1. The SMILES string of the molecule is CC(C)Cn1ccc2cc(NC(=O)C3CNCCO3)ccc21. The second kappa shape index (κ2) is 6.50. The molecule has 1 fully saturated rings. The number of benzene rings is 1. The van der Waals surface area contributed by atoms with Crippen LogP contribution >= 0.6 is 0 Å². The van der Waals surface area contributed by atoms with Gasteiger partial charge in [0.05, 0.1) is 6.61 Å². The summed E-state index contributed by atoms with van der Waals surface area (Å²) in [6, 6.07) is 8.12. The van der Waals surface area contributed by atoms with Crippen LogP contribution in [0.3, 0.4) is 0 Å². The lowest BCUT2D eigenvalue weighted by molar-refractivity contribution is -0.128. The minimum Gasteiger partial charge on any atom is -0.366 e. The van der Waals surface area contributed by atoms with Gasteiger partial charge in [0.15, 0.2) is 0 Å². The molecule has 0 spiro atoms. The highest BCUT2D eigenvalue weighted by Gasteiger charge is 2.21. The first kappa shape index (κ1) is 15.1. The maximum absolute atomic E-state index is 12.2. The molecule has 118 valence electrons. The molecule has 1 aliphatic heterocycles. The molecule has 5 nitrogen and oxygen atoms in total. The third-order valence-corrected chi connectivity index (χ3v) is 3.82. The van der Waals surface area contributed by atoms with Gasteiger partial charge >= 0.3 is 0 Å². The number of nitrogens with zero attached hydrogens (tertiary/aromatic N) is 1. The smallest absolute Gasteiger partial charge is 0.254 e. The van der Waals surface area contributed by atoms with Gasteiger partial charge < -0.3 is 19.9 Å². The van der Waals surface area contributed by atoms with Gasteiger partial charge in [-0.1, -0.05) is 13.8 Å². The minimum atomic E-state index is -0.407. The fourth-order valence-corrected chi connectivity index (χ4v) is 2.79. The Morgan fingerprint density at radius 3 is 3.05 bits per heavy atom. The number of carbonyl (C=O) groups excluding carboxylic acids is 1. The van der Waals surface area contributed by atoms with Crippen molar-refractivity contribution < 1.29 is 9.53 Å². The van der Waals surface area contributed by atoms with Crippen LogP contribution in [0.15, 0.2) is 30.5 Å². The summed E-state index contributed by atoms with van der Waals surface area (Å²) in [6.45, 7) is 7.36. The molecule has 2 heterocycles. The lowest BCUT2D eigenvalue weighted by Gasteiger charge is -2.22. The first-order valence-electron chi connectivity index (χ1n) is 7.85. The molecule has 5 heteroatoms. The summed E-state index contributed by atoms with van der Waals surface area (Å²) < 4.78 is 7.72. The quantitative estimate of drug-likeness (QED) is 0.910. The molecular weight excluding hydrogens is 278 g/mol. The van der Waals surface area contributed by atoms with E-state index < -0.39 is 6.10 Å². The van der Waals surface area contributed by atoms with Crippen LogP contribution in [0.25, 0.3) is 10.9 Å². The maximum atomic E-state index is 12.2. The number of carbonyl (C=O) groups is 1. The van der Waals surface area contributed by atoms with Crippen molar-refractivity contribution in [3.8, 4) is 0 Å². The first-order chi connectivity index (χ1) is 10.6. The van der Waals surface area contributed by atoms with Crippen LogP contribution < -0.4 is 10.6 Å². The van der Waals surface area contributed by atoms with Crippen molar-refractivity contribution in [3.05, 3.63) is 30.5 Å². The number of ether oxygens (including phenoxy) is 1. The van der Waals surface area contributed by atoms with Gasteiger partial charge in [0.2, 0.25) is 0 Å². The van der Waals surface area contributed by atoms with E-state index >= 15 is 0 Å². The van der Waals surface area contributed by atoms with E-state index in [-0.39, 0.29) is 5.91 Å². The van der Waals surface area contributed by atoms with Gasteiger partial charge in [0.25, 0.3) is 5.91 Å². The molecule has 2 N–H and O–H groups in total. The van der Waals surface area contributed by atoms with Crippen LogP contribution in [0.2, 0.25) is 0 Å². The molecule has 1 aromatic carbocycles. The van der Waals surface area contributed by atoms with Crippen molar-refractivity contribution in [2.75, 3.05) is 25.0 Å². The van der Waals surface area contributed by atoms with Crippen LogP contribution in [0.1, 0.15) is 13.8 Å². The van der Waals surface area contributed by atoms with Crippen LogP contribution in [0.5, 0.6) is 0 Å². The Labute approximate surface area is 130 Å². The van der Waals surface area contributed by atoms with E-state index in [1.807, 2.05) is 12.1 Å². The monoisotopic (exact) mass is 301 g/mol. The average Bonchev–Trinajstić information content (AvgIpc) is 2.90. The minimum absolute atomic E-state index is 0.0897. The van der Waals surface area contributed by atoms with Gasteiger partial charge in [0.1, 0.15) is 6.10 Å². The fourth-order valence-electron chi connectivity index (χ4n) is 2.79. The van der Waals surface area contributed by atoms with Crippen molar-refractivity contribution >= 4 is 22.5 Å². The van der Waals surface area contributed by atoms with Crippen molar-refractivity contribution in [1.29, 1.82) is 0 Å². The molecular formula is C17H23N3O2. The number of nitrogens with one attached hydrogen (secondary N) is 2. The molecule has 0 aliphatic carbocycles. The third kappa shape index (κ3) is 3.31. The lowest BCUT2D eigenvalue weighted by atomic mass is 10.2. The zero-order valence-corrected chi connectivity index (χ0v) is 13.1. The van der Waals surface area contributed by atoms with E-state index in [0.717, 1.165) is 24.2 Å². The average molecular weight is 301 g/mol. The van der Waals surface area contributed by atoms with Gasteiger partial charge in [-0.15, -0.1) is 0 Å². The summed E-state index contributed by atoms with van der Waals surface area (Å²) >= 11 is 0. The first-order valence-corrected chi connectivity index (χ1v) is 7.85. The summed E-state index contributed by atoms with van der Waals surface area (Å²) in [5, 5.41) is 7.24. The predicted octanol–water partition coefficient (Wildman–Crippen LogP) is 2.22. The highest BCUT2D eigenvalue weighted by atomic mass is 16.5. The summed E-state index contributed by atoms with van der Waals surface area (Å²) in [5.74, 6) is 0.513. The molecule has 0 bridgehead atoms. The van der Waals surface area contributed by atoms with Crippen molar-refractivity contribution in [3.63, 3.8) is 0 Å². The van der Waals surface area contributed by atoms with E-state index in [1.165, 1.54) is 5.52 Å². The maximum Gasteiger partial charge on any atom is 0.254 e. The Morgan fingerprint density at radius 2 is 2.32 bits per heavy atom.